The van der Waals surface area contributed by atoms with Crippen LogP contribution in [0.3, 0.4) is 0 Å². The first-order chi connectivity index (χ1) is 8.83. The molecule has 0 saturated carbocycles. The molecule has 5 heteroatoms. The van der Waals surface area contributed by atoms with Crippen LogP contribution in [0.1, 0.15) is 40.0 Å². The number of hydrogen-bond donors (Lipinski definition) is 1. The van der Waals surface area contributed by atoms with E-state index in [1.54, 1.807) is 7.11 Å². The maximum absolute atomic E-state index is 12.1. The summed E-state index contributed by atoms with van der Waals surface area (Å²) in [7, 11) is 3.06. The van der Waals surface area contributed by atoms with Gasteiger partial charge in [0.2, 0.25) is 0 Å². The van der Waals surface area contributed by atoms with E-state index < -0.39 is 11.1 Å². The number of ether oxygens (including phenoxy) is 3. The van der Waals surface area contributed by atoms with Crippen LogP contribution >= 0.6 is 0 Å². The van der Waals surface area contributed by atoms with Crippen LogP contribution in [0.25, 0.3) is 0 Å². The maximum atomic E-state index is 12.1. The lowest BCUT2D eigenvalue weighted by Gasteiger charge is -2.36. The Morgan fingerprint density at radius 3 is 2.53 bits per heavy atom. The average Bonchev–Trinajstić information content (AvgIpc) is 2.88. The molecule has 0 radical (unpaired) electrons. The number of rotatable bonds is 7. The average molecular weight is 273 g/mol. The lowest BCUT2D eigenvalue weighted by Crippen LogP contribution is -2.56. The van der Waals surface area contributed by atoms with Gasteiger partial charge in [0.15, 0.2) is 0 Å². The fourth-order valence-corrected chi connectivity index (χ4v) is 2.50. The number of hydrogen-bond acceptors (Lipinski definition) is 5. The van der Waals surface area contributed by atoms with Gasteiger partial charge in [0.05, 0.1) is 18.8 Å². The van der Waals surface area contributed by atoms with E-state index in [-0.39, 0.29) is 12.1 Å². The Bertz CT molecular complexity index is 300. The first kappa shape index (κ1) is 16.4. The van der Waals surface area contributed by atoms with Crippen molar-refractivity contribution in [3.63, 3.8) is 0 Å². The number of nitrogens with one attached hydrogen (secondary N) is 1. The monoisotopic (exact) mass is 273 g/mol. The zero-order chi connectivity index (χ0) is 14.5. The van der Waals surface area contributed by atoms with Crippen molar-refractivity contribution in [2.24, 2.45) is 0 Å². The molecule has 2 atom stereocenters. The Hall–Kier alpha value is -0.650. The minimum atomic E-state index is -0.764. The first-order valence-electron chi connectivity index (χ1n) is 6.83. The van der Waals surface area contributed by atoms with Crippen molar-refractivity contribution < 1.29 is 19.0 Å². The zero-order valence-corrected chi connectivity index (χ0v) is 12.7. The summed E-state index contributed by atoms with van der Waals surface area (Å²) in [5.74, 6) is -0.268. The number of methoxy groups -OCH3 is 2. The summed E-state index contributed by atoms with van der Waals surface area (Å²) >= 11 is 0. The van der Waals surface area contributed by atoms with Gasteiger partial charge in [-0.1, -0.05) is 0 Å². The van der Waals surface area contributed by atoms with Gasteiger partial charge >= 0.3 is 5.97 Å². The molecule has 1 heterocycles. The van der Waals surface area contributed by atoms with Crippen molar-refractivity contribution >= 4 is 5.97 Å². The second-order valence-corrected chi connectivity index (χ2v) is 5.98. The van der Waals surface area contributed by atoms with Crippen molar-refractivity contribution in [2.75, 3.05) is 27.4 Å². The Labute approximate surface area is 116 Å². The Balaban J connectivity index is 2.65. The molecule has 112 valence electrons. The van der Waals surface area contributed by atoms with Gasteiger partial charge in [0, 0.05) is 26.7 Å². The third kappa shape index (κ3) is 4.75. The standard InChI is InChI=1S/C14H27NO4/c1-13(2,18-5)10-14(3,12(16)17-4)15-9-11-7-6-8-19-11/h11,15H,6-10H2,1-5H3. The molecule has 0 bridgehead atoms. The molecule has 0 aromatic carbocycles. The molecule has 1 N–H and O–H groups in total. The minimum absolute atomic E-state index is 0.189. The molecule has 2 unspecified atom stereocenters. The van der Waals surface area contributed by atoms with Crippen molar-refractivity contribution in [3.05, 3.63) is 0 Å². The normalized spacial score (nSPS) is 23.1. The van der Waals surface area contributed by atoms with Crippen LogP contribution < -0.4 is 5.32 Å². The highest BCUT2D eigenvalue weighted by molar-refractivity contribution is 5.80. The quantitative estimate of drug-likeness (QED) is 0.712. The first-order valence-corrected chi connectivity index (χ1v) is 6.83. The van der Waals surface area contributed by atoms with Crippen LogP contribution in [0.15, 0.2) is 0 Å². The van der Waals surface area contributed by atoms with Gasteiger partial charge in [-0.05, 0) is 33.6 Å². The Morgan fingerprint density at radius 2 is 2.05 bits per heavy atom. The van der Waals surface area contributed by atoms with Crippen LogP contribution in [-0.4, -0.2) is 50.6 Å². The predicted octanol–water partition coefficient (Wildman–Crippen LogP) is 1.50. The maximum Gasteiger partial charge on any atom is 0.325 e. The molecule has 0 aliphatic carbocycles. The summed E-state index contributed by atoms with van der Waals surface area (Å²) < 4.78 is 15.9. The fourth-order valence-electron chi connectivity index (χ4n) is 2.50. The van der Waals surface area contributed by atoms with Gasteiger partial charge in [0.1, 0.15) is 5.54 Å². The van der Waals surface area contributed by atoms with E-state index in [1.165, 1.54) is 7.11 Å². The summed E-state index contributed by atoms with van der Waals surface area (Å²) in [5.41, 5.74) is -1.16. The Kier molecular flexibility index (Phi) is 5.77. The molecular weight excluding hydrogens is 246 g/mol. The lowest BCUT2D eigenvalue weighted by molar-refractivity contribution is -0.151. The summed E-state index contributed by atoms with van der Waals surface area (Å²) in [6, 6.07) is 0. The topological polar surface area (TPSA) is 56.8 Å². The van der Waals surface area contributed by atoms with Crippen LogP contribution in [0.2, 0.25) is 0 Å². The predicted molar refractivity (Wildman–Crippen MR) is 73.1 cm³/mol. The summed E-state index contributed by atoms with van der Waals surface area (Å²) in [4.78, 5) is 12.1. The van der Waals surface area contributed by atoms with E-state index in [4.69, 9.17) is 14.2 Å². The second-order valence-electron chi connectivity index (χ2n) is 5.98. The molecule has 0 aromatic rings. The molecule has 0 amide bonds. The molecule has 1 saturated heterocycles. The zero-order valence-electron chi connectivity index (χ0n) is 12.7. The number of carbonyl (C=O) groups is 1. The highest BCUT2D eigenvalue weighted by atomic mass is 16.5. The van der Waals surface area contributed by atoms with E-state index in [0.717, 1.165) is 19.4 Å². The van der Waals surface area contributed by atoms with E-state index >= 15 is 0 Å². The van der Waals surface area contributed by atoms with E-state index in [1.807, 2.05) is 20.8 Å². The molecule has 1 rings (SSSR count). The van der Waals surface area contributed by atoms with Crippen molar-refractivity contribution in [1.29, 1.82) is 0 Å². The lowest BCUT2D eigenvalue weighted by atomic mass is 9.87. The minimum Gasteiger partial charge on any atom is -0.468 e. The van der Waals surface area contributed by atoms with Gasteiger partial charge in [-0.3, -0.25) is 10.1 Å². The SMILES string of the molecule is COC(=O)C(C)(CC(C)(C)OC)NCC1CCCO1. The van der Waals surface area contributed by atoms with Crippen molar-refractivity contribution in [3.8, 4) is 0 Å². The van der Waals surface area contributed by atoms with Gasteiger partial charge in [0.25, 0.3) is 0 Å². The number of esters is 1. The van der Waals surface area contributed by atoms with Crippen LogP contribution in [-0.2, 0) is 19.0 Å². The summed E-state index contributed by atoms with van der Waals surface area (Å²) in [6.07, 6.45) is 2.85. The van der Waals surface area contributed by atoms with E-state index in [0.29, 0.717) is 13.0 Å². The van der Waals surface area contributed by atoms with Crippen molar-refractivity contribution in [2.45, 2.75) is 57.3 Å². The third-order valence-corrected chi connectivity index (χ3v) is 3.71. The molecule has 0 aromatic heterocycles. The van der Waals surface area contributed by atoms with Gasteiger partial charge in [-0.25, -0.2) is 0 Å². The van der Waals surface area contributed by atoms with Crippen LogP contribution in [0.4, 0.5) is 0 Å². The van der Waals surface area contributed by atoms with Crippen LogP contribution in [0.5, 0.6) is 0 Å². The highest BCUT2D eigenvalue weighted by Gasteiger charge is 2.40. The fraction of sp³-hybridized carbons (Fsp3) is 0.929. The molecular formula is C14H27NO4. The summed E-state index contributed by atoms with van der Waals surface area (Å²) in [5, 5.41) is 3.30. The largest absolute Gasteiger partial charge is 0.468 e. The second kappa shape index (κ2) is 6.68. The van der Waals surface area contributed by atoms with Gasteiger partial charge < -0.3 is 14.2 Å². The van der Waals surface area contributed by atoms with Crippen LogP contribution in [0, 0.1) is 0 Å². The molecule has 1 aliphatic rings. The highest BCUT2D eigenvalue weighted by Crippen LogP contribution is 2.25. The van der Waals surface area contributed by atoms with E-state index in [2.05, 4.69) is 5.32 Å². The smallest absolute Gasteiger partial charge is 0.325 e. The van der Waals surface area contributed by atoms with Gasteiger partial charge in [-0.15, -0.1) is 0 Å². The molecule has 1 fully saturated rings. The molecule has 1 aliphatic heterocycles. The van der Waals surface area contributed by atoms with Gasteiger partial charge in [-0.2, -0.15) is 0 Å². The molecule has 5 nitrogen and oxygen atoms in total. The third-order valence-electron chi connectivity index (χ3n) is 3.71. The van der Waals surface area contributed by atoms with Crippen molar-refractivity contribution in [1.82, 2.24) is 5.32 Å². The summed E-state index contributed by atoms with van der Waals surface area (Å²) in [6.45, 7) is 7.24. The molecule has 19 heavy (non-hydrogen) atoms. The number of carbonyl (C=O) groups excluding carboxylic acids is 1. The Morgan fingerprint density at radius 1 is 1.37 bits per heavy atom. The van der Waals surface area contributed by atoms with E-state index in [9.17, 15) is 4.79 Å². The molecule has 0 spiro atoms.